The number of amides is 2. The third-order valence-electron chi connectivity index (χ3n) is 7.54. The van der Waals surface area contributed by atoms with E-state index in [1.54, 1.807) is 30.5 Å². The molecule has 2 fully saturated rings. The van der Waals surface area contributed by atoms with Crippen LogP contribution in [-0.2, 0) is 9.59 Å². The zero-order valence-corrected chi connectivity index (χ0v) is 23.8. The number of para-hydroxylation sites is 2. The molecule has 35 heavy (non-hydrogen) atoms. The van der Waals surface area contributed by atoms with Crippen molar-refractivity contribution in [3.05, 3.63) is 69.8 Å². The van der Waals surface area contributed by atoms with E-state index in [4.69, 9.17) is 12.2 Å². The summed E-state index contributed by atoms with van der Waals surface area (Å²) >= 11 is 4.42. The molecule has 4 heterocycles. The SMILES string of the molecule is CN1C(=O)C(=Cc2ccc(N3c4ccccc4[Si]4(CCCC4)c4ccccc43)[te]2)C(=O)N(C)C1=S. The van der Waals surface area contributed by atoms with Crippen molar-refractivity contribution in [3.63, 3.8) is 0 Å². The molecule has 3 aliphatic heterocycles. The third-order valence-corrected chi connectivity index (χ3v) is 16.3. The number of rotatable bonds is 2. The molecule has 0 saturated carbocycles. The molecule has 0 aliphatic carbocycles. The van der Waals surface area contributed by atoms with Crippen LogP contribution in [0.4, 0.5) is 15.1 Å². The predicted octanol–water partition coefficient (Wildman–Crippen LogP) is 3.48. The first-order valence-electron chi connectivity index (χ1n) is 11.8. The number of benzene rings is 2. The van der Waals surface area contributed by atoms with E-state index in [-0.39, 0.29) is 22.5 Å². The number of hydrogen-bond acceptors (Lipinski definition) is 4. The molecule has 1 aromatic heterocycles. The average Bonchev–Trinajstić information content (AvgIpc) is 3.56. The zero-order chi connectivity index (χ0) is 24.3. The van der Waals surface area contributed by atoms with Crippen LogP contribution in [0.1, 0.15) is 16.4 Å². The molecule has 0 unspecified atom stereocenters. The van der Waals surface area contributed by atoms with Gasteiger partial charge >= 0.3 is 222 Å². The number of nitrogens with zero attached hydrogens (tertiary/aromatic N) is 3. The van der Waals surface area contributed by atoms with Gasteiger partial charge in [0.1, 0.15) is 0 Å². The fourth-order valence-corrected chi connectivity index (χ4v) is 14.3. The quantitative estimate of drug-likeness (QED) is 0.193. The second kappa shape index (κ2) is 8.56. The van der Waals surface area contributed by atoms with Gasteiger partial charge in [0, 0.05) is 0 Å². The molecule has 2 saturated heterocycles. The van der Waals surface area contributed by atoms with Gasteiger partial charge in [0.15, 0.2) is 0 Å². The van der Waals surface area contributed by atoms with Crippen LogP contribution in [0.3, 0.4) is 0 Å². The summed E-state index contributed by atoms with van der Waals surface area (Å²) in [5.41, 5.74) is 2.84. The Kier molecular flexibility index (Phi) is 5.61. The van der Waals surface area contributed by atoms with Crippen LogP contribution in [-0.4, -0.2) is 69.3 Å². The molecule has 8 heteroatoms. The van der Waals surface area contributed by atoms with Crippen LogP contribution in [0.5, 0.6) is 0 Å². The summed E-state index contributed by atoms with van der Waals surface area (Å²) in [6, 6.07) is 24.9. The van der Waals surface area contributed by atoms with Crippen LogP contribution in [0.25, 0.3) is 6.08 Å². The van der Waals surface area contributed by atoms with Gasteiger partial charge < -0.3 is 0 Å². The van der Waals surface area contributed by atoms with Crippen LogP contribution in [0, 0.1) is 0 Å². The van der Waals surface area contributed by atoms with E-state index >= 15 is 0 Å². The number of carbonyl (C=O) groups excluding carboxylic acids is 2. The Labute approximate surface area is 221 Å². The van der Waals surface area contributed by atoms with E-state index in [9.17, 15) is 9.59 Å². The third kappa shape index (κ3) is 3.42. The number of hydrogen-bond donors (Lipinski definition) is 0. The number of anilines is 3. The summed E-state index contributed by atoms with van der Waals surface area (Å²) in [5, 5.41) is 3.36. The Morgan fingerprint density at radius 1 is 0.829 bits per heavy atom. The molecule has 0 radical (unpaired) electrons. The van der Waals surface area contributed by atoms with Crippen LogP contribution in [0.15, 0.2) is 66.2 Å². The van der Waals surface area contributed by atoms with Gasteiger partial charge in [-0.3, -0.25) is 0 Å². The normalized spacial score (nSPS) is 18.9. The van der Waals surface area contributed by atoms with Gasteiger partial charge in [0.25, 0.3) is 0 Å². The minimum atomic E-state index is -1.74. The van der Waals surface area contributed by atoms with E-state index in [1.165, 1.54) is 49.8 Å². The first kappa shape index (κ1) is 22.9. The molecule has 176 valence electrons. The molecule has 5 nitrogen and oxygen atoms in total. The Hall–Kier alpha value is -2.50. The molecule has 1 spiro atoms. The summed E-state index contributed by atoms with van der Waals surface area (Å²) in [6.07, 6.45) is 4.43. The fraction of sp³-hybridized carbons (Fsp3) is 0.222. The van der Waals surface area contributed by atoms with Crippen molar-refractivity contribution in [3.8, 4) is 0 Å². The second-order valence-corrected chi connectivity index (χ2v) is 17.1. The monoisotopic (exact) mass is 613 g/mol. The summed E-state index contributed by atoms with van der Waals surface area (Å²) < 4.78 is 2.36. The number of carbonyl (C=O) groups is 2. The standard InChI is InChI=1S/C27H25N3O2SSiTe/c1-28-25(31)19(26(32)29(2)27(28)33)17-18-13-14-24(35-18)30-20-9-3-5-11-22(20)34(15-7-8-16-34)23-12-6-4-10-21(23)30/h3-6,9-14,17H,7-8,15-16H2,1-2H3. The van der Waals surface area contributed by atoms with Gasteiger partial charge in [-0.25, -0.2) is 0 Å². The fourth-order valence-electron chi connectivity index (χ4n) is 5.83. The van der Waals surface area contributed by atoms with Crippen molar-refractivity contribution < 1.29 is 9.59 Å². The average molecular weight is 611 g/mol. The first-order chi connectivity index (χ1) is 16.9. The molecule has 6 rings (SSSR count). The Morgan fingerprint density at radius 2 is 1.37 bits per heavy atom. The molecular weight excluding hydrogens is 586 g/mol. The van der Waals surface area contributed by atoms with Gasteiger partial charge in [-0.05, 0) is 0 Å². The van der Waals surface area contributed by atoms with Crippen LogP contribution < -0.4 is 15.3 Å². The maximum atomic E-state index is 12.8. The summed E-state index contributed by atoms with van der Waals surface area (Å²) in [6.45, 7) is 0. The van der Waals surface area contributed by atoms with Gasteiger partial charge in [-0.1, -0.05) is 0 Å². The Morgan fingerprint density at radius 3 is 1.94 bits per heavy atom. The van der Waals surface area contributed by atoms with Gasteiger partial charge in [-0.2, -0.15) is 0 Å². The van der Waals surface area contributed by atoms with E-state index in [0.29, 0.717) is 0 Å². The number of likely N-dealkylation sites (N-methyl/N-ethyl adjacent to an activating group) is 2. The van der Waals surface area contributed by atoms with Crippen molar-refractivity contribution in [2.45, 2.75) is 24.9 Å². The number of thiocarbonyl (C=S) groups is 1. The van der Waals surface area contributed by atoms with Gasteiger partial charge in [0.05, 0.1) is 0 Å². The van der Waals surface area contributed by atoms with Crippen LogP contribution in [0.2, 0.25) is 12.1 Å². The van der Waals surface area contributed by atoms with E-state index in [0.717, 1.165) is 3.58 Å². The Balaban J connectivity index is 1.46. The molecule has 0 bridgehead atoms. The van der Waals surface area contributed by atoms with Crippen molar-refractivity contribution in [1.82, 2.24) is 9.80 Å². The molecule has 0 N–H and O–H groups in total. The van der Waals surface area contributed by atoms with Gasteiger partial charge in [-0.15, -0.1) is 0 Å². The molecule has 3 aliphatic rings. The van der Waals surface area contributed by atoms with Crippen molar-refractivity contribution in [2.24, 2.45) is 0 Å². The maximum absolute atomic E-state index is 12.8. The summed E-state index contributed by atoms with van der Waals surface area (Å²) in [4.78, 5) is 30.8. The van der Waals surface area contributed by atoms with Crippen molar-refractivity contribution >= 4 is 89.2 Å². The van der Waals surface area contributed by atoms with Crippen molar-refractivity contribution in [1.29, 1.82) is 0 Å². The van der Waals surface area contributed by atoms with Crippen LogP contribution >= 0.6 is 12.2 Å². The number of fused-ring (bicyclic) bond motifs is 4. The first-order valence-corrected chi connectivity index (χ1v) is 17.0. The second-order valence-electron chi connectivity index (χ2n) is 9.40. The molecular formula is C27H25N3O2SSiTe. The minimum absolute atomic E-state index is 0.186. The molecule has 2 amide bonds. The topological polar surface area (TPSA) is 43.9 Å². The van der Waals surface area contributed by atoms with Gasteiger partial charge in [0.2, 0.25) is 0 Å². The zero-order valence-electron chi connectivity index (χ0n) is 19.7. The Bertz CT molecular complexity index is 1350. The predicted molar refractivity (Wildman–Crippen MR) is 148 cm³/mol. The molecule has 0 atom stereocenters. The summed E-state index contributed by atoms with van der Waals surface area (Å²) in [5.74, 6) is -0.662. The van der Waals surface area contributed by atoms with E-state index < -0.39 is 28.5 Å². The summed E-state index contributed by atoms with van der Waals surface area (Å²) in [7, 11) is 1.50. The molecule has 2 aromatic carbocycles. The molecule has 3 aromatic rings. The van der Waals surface area contributed by atoms with E-state index in [2.05, 4.69) is 65.6 Å². The van der Waals surface area contributed by atoms with E-state index in [1.807, 2.05) is 0 Å². The van der Waals surface area contributed by atoms with Crippen molar-refractivity contribution in [2.75, 3.05) is 19.0 Å².